The number of amides is 1. The second-order valence-corrected chi connectivity index (χ2v) is 8.89. The zero-order valence-electron chi connectivity index (χ0n) is 18.1. The Kier molecular flexibility index (Phi) is 8.10. The molecular weight excluding hydrogens is 388 g/mol. The standard InChI is InChI=1S/C22H36N4O2.ClH/c1-5-28-19-15-22(23,21(19,2)3)20(27)26(4)13-9-12-17-14-18(25-24-17)16-10-7-6-8-11-16;/h6-8,10-11,17-19,24-25H,5,9,12-15,23H2,1-4H3;1H. The van der Waals surface area contributed by atoms with E-state index in [0.29, 0.717) is 25.1 Å². The fourth-order valence-electron chi connectivity index (χ4n) is 4.53. The minimum atomic E-state index is -0.826. The number of hydrogen-bond acceptors (Lipinski definition) is 5. The second-order valence-electron chi connectivity index (χ2n) is 8.89. The Morgan fingerprint density at radius 2 is 1.97 bits per heavy atom. The minimum absolute atomic E-state index is 0. The maximum Gasteiger partial charge on any atom is 0.243 e. The van der Waals surface area contributed by atoms with E-state index in [1.165, 1.54) is 5.56 Å². The van der Waals surface area contributed by atoms with Crippen molar-refractivity contribution >= 4 is 18.3 Å². The predicted molar refractivity (Wildman–Crippen MR) is 119 cm³/mol. The van der Waals surface area contributed by atoms with Crippen molar-refractivity contribution in [2.24, 2.45) is 11.1 Å². The Morgan fingerprint density at radius 1 is 1.28 bits per heavy atom. The molecule has 1 aromatic carbocycles. The van der Waals surface area contributed by atoms with Crippen molar-refractivity contribution in [3.63, 3.8) is 0 Å². The van der Waals surface area contributed by atoms with Gasteiger partial charge < -0.3 is 15.4 Å². The smallest absolute Gasteiger partial charge is 0.243 e. The molecule has 3 rings (SSSR count). The summed E-state index contributed by atoms with van der Waals surface area (Å²) in [5.41, 5.74) is 13.5. The number of nitrogens with zero attached hydrogens (tertiary/aromatic N) is 1. The first-order chi connectivity index (χ1) is 13.3. The zero-order valence-corrected chi connectivity index (χ0v) is 18.9. The van der Waals surface area contributed by atoms with E-state index in [-0.39, 0.29) is 29.8 Å². The molecule has 2 fully saturated rings. The highest BCUT2D eigenvalue weighted by molar-refractivity contribution is 5.88. The van der Waals surface area contributed by atoms with Gasteiger partial charge in [0.2, 0.25) is 5.91 Å². The summed E-state index contributed by atoms with van der Waals surface area (Å²) in [5, 5.41) is 0. The van der Waals surface area contributed by atoms with Gasteiger partial charge in [-0.15, -0.1) is 12.4 Å². The van der Waals surface area contributed by atoms with Gasteiger partial charge in [-0.2, -0.15) is 0 Å². The summed E-state index contributed by atoms with van der Waals surface area (Å²) in [6.07, 6.45) is 3.70. The molecule has 1 saturated carbocycles. The fraction of sp³-hybridized carbons (Fsp3) is 0.682. The SMILES string of the molecule is CCOC1CC(N)(C(=O)N(C)CCCC2CC(c3ccccc3)NN2)C1(C)C.Cl. The molecule has 6 nitrogen and oxygen atoms in total. The number of hydrazine groups is 1. The Bertz CT molecular complexity index is 672. The number of nitrogens with two attached hydrogens (primary N) is 1. The van der Waals surface area contributed by atoms with Gasteiger partial charge in [0.05, 0.1) is 6.10 Å². The van der Waals surface area contributed by atoms with E-state index in [4.69, 9.17) is 10.5 Å². The maximum atomic E-state index is 13.0. The third-order valence-corrected chi connectivity index (χ3v) is 6.79. The number of rotatable bonds is 8. The van der Waals surface area contributed by atoms with Gasteiger partial charge >= 0.3 is 0 Å². The number of hydrogen-bond donors (Lipinski definition) is 3. The molecule has 1 saturated heterocycles. The zero-order chi connectivity index (χ0) is 20.4. The molecule has 1 aliphatic heterocycles. The van der Waals surface area contributed by atoms with E-state index in [9.17, 15) is 4.79 Å². The Labute approximate surface area is 181 Å². The monoisotopic (exact) mass is 424 g/mol. The average molecular weight is 425 g/mol. The minimum Gasteiger partial charge on any atom is -0.378 e. The van der Waals surface area contributed by atoms with Crippen molar-refractivity contribution < 1.29 is 9.53 Å². The van der Waals surface area contributed by atoms with Crippen molar-refractivity contribution in [1.29, 1.82) is 0 Å². The van der Waals surface area contributed by atoms with Crippen LogP contribution in [0.4, 0.5) is 0 Å². The molecule has 4 atom stereocenters. The number of nitrogens with one attached hydrogen (secondary N) is 2. The van der Waals surface area contributed by atoms with Gasteiger partial charge in [0.25, 0.3) is 0 Å². The Balaban J connectivity index is 0.00000300. The molecule has 0 radical (unpaired) electrons. The van der Waals surface area contributed by atoms with Gasteiger partial charge in [-0.25, -0.2) is 0 Å². The molecule has 4 N–H and O–H groups in total. The van der Waals surface area contributed by atoms with Crippen LogP contribution in [0.1, 0.15) is 58.1 Å². The molecule has 0 bridgehead atoms. The molecule has 1 aromatic rings. The highest BCUT2D eigenvalue weighted by Gasteiger charge is 2.63. The summed E-state index contributed by atoms with van der Waals surface area (Å²) in [6, 6.07) is 11.3. The Hall–Kier alpha value is -1.18. The number of halogens is 1. The van der Waals surface area contributed by atoms with Crippen molar-refractivity contribution in [2.75, 3.05) is 20.2 Å². The molecule has 0 spiro atoms. The first kappa shape index (κ1) is 24.1. The molecule has 1 aliphatic carbocycles. The van der Waals surface area contributed by atoms with Crippen LogP contribution in [0.25, 0.3) is 0 Å². The maximum absolute atomic E-state index is 13.0. The van der Waals surface area contributed by atoms with Crippen LogP contribution in [0.3, 0.4) is 0 Å². The van der Waals surface area contributed by atoms with Gasteiger partial charge in [-0.05, 0) is 31.7 Å². The van der Waals surface area contributed by atoms with E-state index in [1.54, 1.807) is 4.90 Å². The van der Waals surface area contributed by atoms with Crippen LogP contribution in [0, 0.1) is 5.41 Å². The third kappa shape index (κ3) is 4.78. The first-order valence-corrected chi connectivity index (χ1v) is 10.5. The molecule has 1 amide bonds. The van der Waals surface area contributed by atoms with Gasteiger partial charge in [-0.3, -0.25) is 15.6 Å². The van der Waals surface area contributed by atoms with Crippen LogP contribution in [0.5, 0.6) is 0 Å². The molecular formula is C22H37ClN4O2. The highest BCUT2D eigenvalue weighted by Crippen LogP contribution is 2.50. The number of ether oxygens (including phenoxy) is 1. The van der Waals surface area contributed by atoms with Crippen LogP contribution in [0.2, 0.25) is 0 Å². The van der Waals surface area contributed by atoms with Gasteiger partial charge in [0.15, 0.2) is 0 Å². The second kappa shape index (κ2) is 9.75. The van der Waals surface area contributed by atoms with E-state index < -0.39 is 5.54 Å². The average Bonchev–Trinajstić information content (AvgIpc) is 3.16. The van der Waals surface area contributed by atoms with E-state index >= 15 is 0 Å². The summed E-state index contributed by atoms with van der Waals surface area (Å²) in [5.74, 6) is 0.0353. The van der Waals surface area contributed by atoms with Gasteiger partial charge in [0, 0.05) is 44.1 Å². The first-order valence-electron chi connectivity index (χ1n) is 10.5. The largest absolute Gasteiger partial charge is 0.378 e. The topological polar surface area (TPSA) is 79.6 Å². The molecule has 2 aliphatic rings. The fourth-order valence-corrected chi connectivity index (χ4v) is 4.53. The summed E-state index contributed by atoms with van der Waals surface area (Å²) < 4.78 is 5.75. The lowest BCUT2D eigenvalue weighted by atomic mass is 9.54. The summed E-state index contributed by atoms with van der Waals surface area (Å²) in [6.45, 7) is 7.44. The highest BCUT2D eigenvalue weighted by atomic mass is 35.5. The predicted octanol–water partition coefficient (Wildman–Crippen LogP) is 2.79. The summed E-state index contributed by atoms with van der Waals surface area (Å²) >= 11 is 0. The molecule has 0 aromatic heterocycles. The molecule has 29 heavy (non-hydrogen) atoms. The molecule has 7 heteroatoms. The van der Waals surface area contributed by atoms with Crippen LogP contribution in [-0.4, -0.2) is 48.7 Å². The molecule has 4 unspecified atom stereocenters. The lowest BCUT2D eigenvalue weighted by molar-refractivity contribution is -0.178. The van der Waals surface area contributed by atoms with Crippen molar-refractivity contribution in [2.45, 2.75) is 70.2 Å². The van der Waals surface area contributed by atoms with Gasteiger partial charge in [-0.1, -0.05) is 44.2 Å². The number of benzene rings is 1. The van der Waals surface area contributed by atoms with E-state index in [2.05, 4.69) is 35.1 Å². The van der Waals surface area contributed by atoms with Crippen molar-refractivity contribution in [1.82, 2.24) is 15.8 Å². The van der Waals surface area contributed by atoms with Crippen LogP contribution in [0.15, 0.2) is 30.3 Å². The normalized spacial score (nSPS) is 30.3. The van der Waals surface area contributed by atoms with Crippen LogP contribution >= 0.6 is 12.4 Å². The third-order valence-electron chi connectivity index (χ3n) is 6.79. The van der Waals surface area contributed by atoms with Crippen LogP contribution in [-0.2, 0) is 9.53 Å². The lowest BCUT2D eigenvalue weighted by Crippen LogP contribution is -2.75. The van der Waals surface area contributed by atoms with E-state index in [1.807, 2.05) is 33.9 Å². The quantitative estimate of drug-likeness (QED) is 0.598. The number of carbonyl (C=O) groups is 1. The summed E-state index contributed by atoms with van der Waals surface area (Å²) in [4.78, 5) is 14.8. The van der Waals surface area contributed by atoms with Crippen molar-refractivity contribution in [3.8, 4) is 0 Å². The Morgan fingerprint density at radius 3 is 2.59 bits per heavy atom. The molecule has 164 valence electrons. The van der Waals surface area contributed by atoms with Gasteiger partial charge in [0.1, 0.15) is 5.54 Å². The van der Waals surface area contributed by atoms with Crippen LogP contribution < -0.4 is 16.6 Å². The lowest BCUT2D eigenvalue weighted by Gasteiger charge is -2.58. The summed E-state index contributed by atoms with van der Waals surface area (Å²) in [7, 11) is 1.87. The van der Waals surface area contributed by atoms with Crippen molar-refractivity contribution in [3.05, 3.63) is 35.9 Å². The molecule has 1 heterocycles. The van der Waals surface area contributed by atoms with E-state index in [0.717, 1.165) is 25.8 Å². The number of carbonyl (C=O) groups excluding carboxylic acids is 1. The number of likely N-dealkylation sites (N-methyl/N-ethyl adjacent to an activating group) is 1.